The third-order valence-electron chi connectivity index (χ3n) is 3.24. The van der Waals surface area contributed by atoms with Crippen molar-refractivity contribution >= 4 is 29.6 Å². The highest BCUT2D eigenvalue weighted by atomic mass is 35.5. The zero-order valence-corrected chi connectivity index (χ0v) is 11.7. The number of ether oxygens (including phenoxy) is 1. The predicted molar refractivity (Wildman–Crippen MR) is 73.6 cm³/mol. The van der Waals surface area contributed by atoms with Crippen LogP contribution in [0.5, 0.6) is 0 Å². The number of carbonyl (C=O) groups is 1. The minimum atomic E-state index is -0.985. The Balaban J connectivity index is 2.27. The first-order chi connectivity index (χ1) is 9.61. The van der Waals surface area contributed by atoms with Crippen LogP contribution in [-0.4, -0.2) is 35.1 Å². The SMILES string of the molecule is N=Cc1c([NH2+]C2CCCCO2)ncc(Cl)c1CC(=O)O. The number of aromatic nitrogens is 1. The van der Waals surface area contributed by atoms with Crippen LogP contribution in [0.4, 0.5) is 5.82 Å². The first-order valence-electron chi connectivity index (χ1n) is 6.48. The van der Waals surface area contributed by atoms with Gasteiger partial charge >= 0.3 is 5.97 Å². The molecule has 0 saturated carbocycles. The second kappa shape index (κ2) is 6.78. The van der Waals surface area contributed by atoms with Crippen LogP contribution in [0.2, 0.25) is 5.02 Å². The molecule has 20 heavy (non-hydrogen) atoms. The molecule has 7 heteroatoms. The van der Waals surface area contributed by atoms with Crippen LogP contribution in [0.15, 0.2) is 6.20 Å². The number of hydrogen-bond donors (Lipinski definition) is 3. The largest absolute Gasteiger partial charge is 0.481 e. The Hall–Kier alpha value is -1.50. The number of carboxylic acid groups (broad SMARTS) is 1. The van der Waals surface area contributed by atoms with E-state index in [0.717, 1.165) is 32.1 Å². The van der Waals surface area contributed by atoms with Gasteiger partial charge in [0.15, 0.2) is 6.23 Å². The lowest BCUT2D eigenvalue weighted by Gasteiger charge is -2.20. The van der Waals surface area contributed by atoms with E-state index in [-0.39, 0.29) is 17.7 Å². The summed E-state index contributed by atoms with van der Waals surface area (Å²) in [6.45, 7) is 0.719. The highest BCUT2D eigenvalue weighted by Gasteiger charge is 2.23. The fraction of sp³-hybridized carbons (Fsp3) is 0.462. The average molecular weight is 299 g/mol. The minimum absolute atomic E-state index is 0.0335. The fourth-order valence-corrected chi connectivity index (χ4v) is 2.47. The molecule has 0 spiro atoms. The van der Waals surface area contributed by atoms with Gasteiger partial charge in [-0.2, -0.15) is 0 Å². The molecule has 2 rings (SSSR count). The summed E-state index contributed by atoms with van der Waals surface area (Å²) in [7, 11) is 0. The molecule has 2 heterocycles. The smallest absolute Gasteiger partial charge is 0.307 e. The van der Waals surface area contributed by atoms with Crippen LogP contribution >= 0.6 is 11.6 Å². The number of nitrogens with one attached hydrogen (secondary N) is 1. The van der Waals surface area contributed by atoms with Gasteiger partial charge in [-0.25, -0.2) is 4.98 Å². The molecule has 1 saturated heterocycles. The van der Waals surface area contributed by atoms with Gasteiger partial charge in [-0.3, -0.25) is 10.1 Å². The molecule has 1 fully saturated rings. The van der Waals surface area contributed by atoms with Crippen molar-refractivity contribution in [3.63, 3.8) is 0 Å². The van der Waals surface area contributed by atoms with Crippen molar-refractivity contribution in [3.8, 4) is 0 Å². The van der Waals surface area contributed by atoms with Gasteiger partial charge in [-0.05, 0) is 18.4 Å². The molecular weight excluding hydrogens is 282 g/mol. The monoisotopic (exact) mass is 298 g/mol. The number of pyridine rings is 1. The van der Waals surface area contributed by atoms with Crippen molar-refractivity contribution in [1.82, 2.24) is 4.98 Å². The van der Waals surface area contributed by atoms with Crippen LogP contribution in [0.1, 0.15) is 30.4 Å². The molecule has 0 bridgehead atoms. The molecule has 0 radical (unpaired) electrons. The molecule has 1 atom stereocenters. The van der Waals surface area contributed by atoms with Crippen LogP contribution in [0, 0.1) is 5.41 Å². The van der Waals surface area contributed by atoms with Gasteiger partial charge in [0.2, 0.25) is 5.82 Å². The summed E-state index contributed by atoms with van der Waals surface area (Å²) in [5, 5.41) is 18.6. The van der Waals surface area contributed by atoms with E-state index >= 15 is 0 Å². The molecule has 108 valence electrons. The lowest BCUT2D eigenvalue weighted by Crippen LogP contribution is -2.86. The lowest BCUT2D eigenvalue weighted by molar-refractivity contribution is -0.663. The molecule has 4 N–H and O–H groups in total. The molecular formula is C13H17ClN3O3+. The summed E-state index contributed by atoms with van der Waals surface area (Å²) in [4.78, 5) is 15.1. The third-order valence-corrected chi connectivity index (χ3v) is 3.56. The van der Waals surface area contributed by atoms with Gasteiger partial charge in [0.25, 0.3) is 0 Å². The normalized spacial score (nSPS) is 18.8. The molecule has 0 aromatic carbocycles. The Kier molecular flexibility index (Phi) is 5.05. The molecule has 0 amide bonds. The van der Waals surface area contributed by atoms with Crippen molar-refractivity contribution in [2.75, 3.05) is 6.61 Å². The van der Waals surface area contributed by atoms with E-state index in [1.165, 1.54) is 6.20 Å². The fourth-order valence-electron chi connectivity index (χ4n) is 2.25. The Morgan fingerprint density at radius 2 is 2.45 bits per heavy atom. The van der Waals surface area contributed by atoms with Gasteiger partial charge in [0.05, 0.1) is 29.8 Å². The van der Waals surface area contributed by atoms with E-state index in [9.17, 15) is 4.79 Å². The van der Waals surface area contributed by atoms with E-state index in [0.29, 0.717) is 16.9 Å². The maximum atomic E-state index is 10.9. The van der Waals surface area contributed by atoms with Gasteiger partial charge in [0.1, 0.15) is 0 Å². The summed E-state index contributed by atoms with van der Waals surface area (Å²) in [5.74, 6) is -0.423. The zero-order chi connectivity index (χ0) is 14.5. The number of hydrogen-bond acceptors (Lipinski definition) is 4. The number of nitrogens with two attached hydrogens (primary N) is 1. The van der Waals surface area contributed by atoms with Gasteiger partial charge in [-0.15, -0.1) is 0 Å². The van der Waals surface area contributed by atoms with Crippen LogP contribution in [0.3, 0.4) is 0 Å². The first-order valence-corrected chi connectivity index (χ1v) is 6.85. The van der Waals surface area contributed by atoms with Crippen LogP contribution < -0.4 is 5.32 Å². The predicted octanol–water partition coefficient (Wildman–Crippen LogP) is 1.08. The number of carboxylic acids is 1. The lowest BCUT2D eigenvalue weighted by atomic mass is 10.1. The standard InChI is InChI=1S/C13H16ClN3O3/c14-10-7-16-13(17-11-3-1-2-4-20-11)9(6-15)8(10)5-12(18)19/h6-7,11,15H,1-5H2,(H,16,17)(H,18,19)/p+1. The molecule has 1 aromatic rings. The Morgan fingerprint density at radius 1 is 1.65 bits per heavy atom. The highest BCUT2D eigenvalue weighted by molar-refractivity contribution is 6.31. The van der Waals surface area contributed by atoms with Crippen molar-refractivity contribution in [3.05, 3.63) is 22.3 Å². The number of aliphatic carboxylic acids is 1. The van der Waals surface area contributed by atoms with Crippen molar-refractivity contribution < 1.29 is 20.0 Å². The maximum absolute atomic E-state index is 10.9. The summed E-state index contributed by atoms with van der Waals surface area (Å²) in [6, 6.07) is 0. The van der Waals surface area contributed by atoms with Crippen molar-refractivity contribution in [2.45, 2.75) is 31.9 Å². The maximum Gasteiger partial charge on any atom is 0.307 e. The third kappa shape index (κ3) is 3.53. The van der Waals surface area contributed by atoms with Gasteiger partial charge in [0, 0.05) is 12.6 Å². The van der Waals surface area contributed by atoms with Crippen molar-refractivity contribution in [2.24, 2.45) is 0 Å². The summed E-state index contributed by atoms with van der Waals surface area (Å²) in [5.41, 5.74) is 0.875. The Labute approximate surface area is 121 Å². The second-order valence-corrected chi connectivity index (χ2v) is 5.08. The highest BCUT2D eigenvalue weighted by Crippen LogP contribution is 2.22. The summed E-state index contributed by atoms with van der Waals surface area (Å²) >= 11 is 5.99. The Morgan fingerprint density at radius 3 is 3.05 bits per heavy atom. The van der Waals surface area contributed by atoms with Crippen molar-refractivity contribution in [1.29, 1.82) is 5.41 Å². The Bertz CT molecular complexity index is 516. The van der Waals surface area contributed by atoms with Gasteiger partial charge < -0.3 is 15.3 Å². The molecule has 6 nitrogen and oxygen atoms in total. The summed E-state index contributed by atoms with van der Waals surface area (Å²) in [6.07, 6.45) is 5.34. The van der Waals surface area contributed by atoms with E-state index in [4.69, 9.17) is 26.9 Å². The average Bonchev–Trinajstić information content (AvgIpc) is 2.43. The van der Waals surface area contributed by atoms with Crippen LogP contribution in [0.25, 0.3) is 0 Å². The van der Waals surface area contributed by atoms with E-state index < -0.39 is 5.97 Å². The second-order valence-electron chi connectivity index (χ2n) is 4.67. The van der Waals surface area contributed by atoms with Crippen LogP contribution in [-0.2, 0) is 16.0 Å². The number of halogens is 1. The summed E-state index contributed by atoms with van der Waals surface area (Å²) < 4.78 is 5.61. The minimum Gasteiger partial charge on any atom is -0.481 e. The van der Waals surface area contributed by atoms with E-state index in [2.05, 4.69) is 4.98 Å². The molecule has 1 aliphatic rings. The van der Waals surface area contributed by atoms with E-state index in [1.54, 1.807) is 0 Å². The molecule has 0 aliphatic carbocycles. The van der Waals surface area contributed by atoms with E-state index in [1.807, 2.05) is 5.32 Å². The molecule has 1 aromatic heterocycles. The first kappa shape index (κ1) is 14.9. The number of quaternary nitrogens is 1. The number of nitrogens with zero attached hydrogens (tertiary/aromatic N) is 1. The topological polar surface area (TPSA) is 99.9 Å². The van der Waals surface area contributed by atoms with Gasteiger partial charge in [-0.1, -0.05) is 11.6 Å². The molecule has 1 aliphatic heterocycles. The number of rotatable bonds is 5. The molecule has 1 unspecified atom stereocenters. The zero-order valence-electron chi connectivity index (χ0n) is 10.9. The quantitative estimate of drug-likeness (QED) is 0.708.